The number of rotatable bonds is 3. The molecular formula is C8H16N4O2. The van der Waals surface area contributed by atoms with E-state index in [0.717, 1.165) is 0 Å². The lowest BCUT2D eigenvalue weighted by Crippen LogP contribution is -2.35. The average Bonchev–Trinajstić information content (AvgIpc) is 1.98. The lowest BCUT2D eigenvalue weighted by Gasteiger charge is -2.20. The van der Waals surface area contributed by atoms with Gasteiger partial charge in [0.2, 0.25) is 0 Å². The molecule has 1 amide bonds. The molecule has 0 rings (SSSR count). The topological polar surface area (TPSA) is 87.1 Å². The van der Waals surface area contributed by atoms with Gasteiger partial charge < -0.3 is 10.1 Å². The number of hydrogen-bond donors (Lipinski definition) is 1. The summed E-state index contributed by atoms with van der Waals surface area (Å²) in [6.45, 7) is 7.33. The first kappa shape index (κ1) is 12.6. The SMILES string of the molecule is C[C@@H](CNC(=O)OC(C)(C)C)N=[N+]=[N-]. The second-order valence-electron chi connectivity index (χ2n) is 3.94. The molecule has 0 spiro atoms. The van der Waals surface area contributed by atoms with Crippen LogP contribution in [0.4, 0.5) is 4.79 Å². The fourth-order valence-electron chi connectivity index (χ4n) is 0.674. The molecule has 0 unspecified atom stereocenters. The molecular weight excluding hydrogens is 184 g/mol. The number of carbonyl (C=O) groups is 1. The van der Waals surface area contributed by atoms with Gasteiger partial charge in [-0.25, -0.2) is 4.79 Å². The van der Waals surface area contributed by atoms with Crippen LogP contribution in [0.2, 0.25) is 0 Å². The molecule has 0 heterocycles. The Kier molecular flexibility index (Phi) is 4.80. The van der Waals surface area contributed by atoms with Crippen LogP contribution in [0.15, 0.2) is 5.11 Å². The zero-order valence-corrected chi connectivity index (χ0v) is 8.94. The van der Waals surface area contributed by atoms with Crippen LogP contribution in [0, 0.1) is 0 Å². The maximum atomic E-state index is 11.1. The van der Waals surface area contributed by atoms with E-state index in [-0.39, 0.29) is 12.6 Å². The van der Waals surface area contributed by atoms with Crippen LogP contribution in [0.5, 0.6) is 0 Å². The number of ether oxygens (including phenoxy) is 1. The van der Waals surface area contributed by atoms with Gasteiger partial charge in [-0.3, -0.25) is 0 Å². The fourth-order valence-corrected chi connectivity index (χ4v) is 0.674. The third kappa shape index (κ3) is 7.24. The molecule has 14 heavy (non-hydrogen) atoms. The van der Waals surface area contributed by atoms with Gasteiger partial charge in [-0.15, -0.1) is 0 Å². The van der Waals surface area contributed by atoms with E-state index < -0.39 is 11.7 Å². The molecule has 6 heteroatoms. The highest BCUT2D eigenvalue weighted by Crippen LogP contribution is 2.06. The second kappa shape index (κ2) is 5.34. The predicted octanol–water partition coefficient (Wildman–Crippen LogP) is 2.21. The zero-order valence-electron chi connectivity index (χ0n) is 8.94. The molecule has 80 valence electrons. The van der Waals surface area contributed by atoms with Gasteiger partial charge in [0, 0.05) is 11.5 Å². The summed E-state index contributed by atoms with van der Waals surface area (Å²) in [5, 5.41) is 5.90. The number of nitrogens with zero attached hydrogens (tertiary/aromatic N) is 3. The van der Waals surface area contributed by atoms with Crippen molar-refractivity contribution in [2.24, 2.45) is 5.11 Å². The Balaban J connectivity index is 3.80. The van der Waals surface area contributed by atoms with Crippen molar-refractivity contribution in [3.05, 3.63) is 10.4 Å². The first-order valence-corrected chi connectivity index (χ1v) is 4.36. The number of hydrogen-bond acceptors (Lipinski definition) is 3. The van der Waals surface area contributed by atoms with Gasteiger partial charge in [-0.1, -0.05) is 12.0 Å². The Hall–Kier alpha value is -1.42. The van der Waals surface area contributed by atoms with Crippen LogP contribution in [0.1, 0.15) is 27.7 Å². The molecule has 0 aromatic rings. The molecule has 1 N–H and O–H groups in total. The van der Waals surface area contributed by atoms with Crippen molar-refractivity contribution in [3.8, 4) is 0 Å². The Bertz CT molecular complexity index is 240. The van der Waals surface area contributed by atoms with E-state index in [1.807, 2.05) is 0 Å². The minimum absolute atomic E-state index is 0.271. The third-order valence-electron chi connectivity index (χ3n) is 1.19. The smallest absolute Gasteiger partial charge is 0.407 e. The fraction of sp³-hybridized carbons (Fsp3) is 0.875. The largest absolute Gasteiger partial charge is 0.444 e. The van der Waals surface area contributed by atoms with Crippen LogP contribution in [-0.2, 0) is 4.74 Å². The summed E-state index contributed by atoms with van der Waals surface area (Å²) in [7, 11) is 0. The summed E-state index contributed by atoms with van der Waals surface area (Å²) in [5.41, 5.74) is 7.59. The molecule has 0 radical (unpaired) electrons. The van der Waals surface area contributed by atoms with E-state index in [0.29, 0.717) is 0 Å². The monoisotopic (exact) mass is 200 g/mol. The summed E-state index contributed by atoms with van der Waals surface area (Å²) in [6, 6.07) is -0.271. The normalized spacial score (nSPS) is 12.6. The molecule has 6 nitrogen and oxygen atoms in total. The van der Waals surface area contributed by atoms with Crippen molar-refractivity contribution < 1.29 is 9.53 Å². The molecule has 0 bridgehead atoms. The summed E-state index contributed by atoms with van der Waals surface area (Å²) >= 11 is 0. The molecule has 0 aliphatic heterocycles. The van der Waals surface area contributed by atoms with Crippen LogP contribution >= 0.6 is 0 Å². The van der Waals surface area contributed by atoms with Crippen LogP contribution in [0.3, 0.4) is 0 Å². The number of alkyl carbamates (subject to hydrolysis) is 1. The molecule has 0 saturated heterocycles. The predicted molar refractivity (Wildman–Crippen MR) is 52.8 cm³/mol. The zero-order chi connectivity index (χ0) is 11.2. The van der Waals surface area contributed by atoms with E-state index in [9.17, 15) is 4.79 Å². The Morgan fingerprint density at radius 2 is 2.21 bits per heavy atom. The molecule has 0 aromatic heterocycles. The van der Waals surface area contributed by atoms with E-state index in [4.69, 9.17) is 10.3 Å². The second-order valence-corrected chi connectivity index (χ2v) is 3.94. The lowest BCUT2D eigenvalue weighted by molar-refractivity contribution is 0.0525. The summed E-state index contributed by atoms with van der Waals surface area (Å²) < 4.78 is 4.98. The minimum Gasteiger partial charge on any atom is -0.444 e. The first-order valence-electron chi connectivity index (χ1n) is 4.36. The van der Waals surface area contributed by atoms with Gasteiger partial charge in [0.1, 0.15) is 5.60 Å². The Morgan fingerprint density at radius 3 is 2.64 bits per heavy atom. The minimum atomic E-state index is -0.508. The summed E-state index contributed by atoms with van der Waals surface area (Å²) in [4.78, 5) is 13.7. The quantitative estimate of drug-likeness (QED) is 0.430. The lowest BCUT2D eigenvalue weighted by atomic mass is 10.2. The molecule has 0 fully saturated rings. The van der Waals surface area contributed by atoms with Crippen LogP contribution in [-0.4, -0.2) is 24.3 Å². The maximum absolute atomic E-state index is 11.1. The molecule has 0 aliphatic carbocycles. The van der Waals surface area contributed by atoms with E-state index in [2.05, 4.69) is 15.3 Å². The number of azide groups is 1. The molecule has 0 aliphatic rings. The Morgan fingerprint density at radius 1 is 1.64 bits per heavy atom. The van der Waals surface area contributed by atoms with Crippen LogP contribution < -0.4 is 5.32 Å². The average molecular weight is 200 g/mol. The van der Waals surface area contributed by atoms with E-state index in [1.54, 1.807) is 27.7 Å². The van der Waals surface area contributed by atoms with Crippen molar-refractivity contribution in [1.29, 1.82) is 0 Å². The molecule has 0 saturated carbocycles. The van der Waals surface area contributed by atoms with Crippen molar-refractivity contribution in [3.63, 3.8) is 0 Å². The number of nitrogens with one attached hydrogen (secondary N) is 1. The third-order valence-corrected chi connectivity index (χ3v) is 1.19. The van der Waals surface area contributed by atoms with Crippen LogP contribution in [0.25, 0.3) is 10.4 Å². The highest BCUT2D eigenvalue weighted by atomic mass is 16.6. The number of amides is 1. The summed E-state index contributed by atoms with van der Waals surface area (Å²) in [6.07, 6.45) is -0.502. The molecule has 1 atom stereocenters. The Labute approximate surface area is 83.3 Å². The highest BCUT2D eigenvalue weighted by Gasteiger charge is 2.15. The van der Waals surface area contributed by atoms with E-state index >= 15 is 0 Å². The highest BCUT2D eigenvalue weighted by molar-refractivity contribution is 5.67. The van der Waals surface area contributed by atoms with Gasteiger partial charge in [0.15, 0.2) is 0 Å². The van der Waals surface area contributed by atoms with Crippen molar-refractivity contribution >= 4 is 6.09 Å². The first-order chi connectivity index (χ1) is 6.35. The van der Waals surface area contributed by atoms with Gasteiger partial charge in [0.25, 0.3) is 0 Å². The van der Waals surface area contributed by atoms with Gasteiger partial charge >= 0.3 is 6.09 Å². The standard InChI is InChI=1S/C8H16N4O2/c1-6(11-12-9)5-10-7(13)14-8(2,3)4/h6H,5H2,1-4H3,(H,10,13)/t6-/m0/s1. The van der Waals surface area contributed by atoms with E-state index in [1.165, 1.54) is 0 Å². The maximum Gasteiger partial charge on any atom is 0.407 e. The number of carbonyl (C=O) groups excluding carboxylic acids is 1. The van der Waals surface area contributed by atoms with Gasteiger partial charge in [-0.2, -0.15) is 0 Å². The van der Waals surface area contributed by atoms with Crippen molar-refractivity contribution in [1.82, 2.24) is 5.32 Å². The van der Waals surface area contributed by atoms with Gasteiger partial charge in [0.05, 0.1) is 6.04 Å². The van der Waals surface area contributed by atoms with Gasteiger partial charge in [-0.05, 0) is 26.3 Å². The summed E-state index contributed by atoms with van der Waals surface area (Å²) in [5.74, 6) is 0. The van der Waals surface area contributed by atoms with Crippen molar-refractivity contribution in [2.45, 2.75) is 39.3 Å². The van der Waals surface area contributed by atoms with Crippen molar-refractivity contribution in [2.75, 3.05) is 6.54 Å². The molecule has 0 aromatic carbocycles.